The number of hydrogen-bond acceptors (Lipinski definition) is 12. The summed E-state index contributed by atoms with van der Waals surface area (Å²) in [5.74, 6) is -1.69. The first-order valence-electron chi connectivity index (χ1n) is 12.2. The molecule has 4 aromatic carbocycles. The predicted molar refractivity (Wildman–Crippen MR) is 171 cm³/mol. The van der Waals surface area contributed by atoms with Crippen LogP contribution in [0.15, 0.2) is 121 Å². The minimum absolute atomic E-state index is 0. The fourth-order valence-corrected chi connectivity index (χ4v) is 5.52. The molecule has 0 heterocycles. The summed E-state index contributed by atoms with van der Waals surface area (Å²) in [6.45, 7) is 0. The van der Waals surface area contributed by atoms with Crippen molar-refractivity contribution in [3.63, 3.8) is 0 Å². The van der Waals surface area contributed by atoms with E-state index in [2.05, 4.69) is 0 Å². The van der Waals surface area contributed by atoms with E-state index in [0.717, 1.165) is 0 Å². The summed E-state index contributed by atoms with van der Waals surface area (Å²) in [6.07, 6.45) is 0. The number of rotatable bonds is 8. The zero-order valence-electron chi connectivity index (χ0n) is 24.3. The van der Waals surface area contributed by atoms with Gasteiger partial charge in [0, 0.05) is 0 Å². The molecule has 0 atom stereocenters. The Balaban J connectivity index is 0. The molecular weight excluding hydrogens is 737 g/mol. The summed E-state index contributed by atoms with van der Waals surface area (Å²) < 4.78 is 123. The van der Waals surface area contributed by atoms with Crippen LogP contribution >= 0.6 is 0 Å². The van der Waals surface area contributed by atoms with E-state index >= 15 is 0 Å². The largest absolute Gasteiger partial charge is 2.00 e. The zero-order chi connectivity index (χ0) is 33.3. The van der Waals surface area contributed by atoms with Gasteiger partial charge in [-0.2, -0.15) is 0 Å². The van der Waals surface area contributed by atoms with Gasteiger partial charge in [0.15, 0.2) is 0 Å². The quantitative estimate of drug-likeness (QED) is 0.186. The van der Waals surface area contributed by atoms with Crippen LogP contribution in [0, 0.1) is 0 Å². The molecule has 4 aromatic rings. The average molecular weight is 765 g/mol. The molecule has 18 heteroatoms. The fourth-order valence-electron chi connectivity index (χ4n) is 3.11. The second-order valence-electron chi connectivity index (χ2n) is 8.75. The maximum Gasteiger partial charge on any atom is 2.00 e. The van der Waals surface area contributed by atoms with Gasteiger partial charge in [-0.15, -0.1) is 0 Å². The first-order chi connectivity index (χ1) is 20.3. The predicted octanol–water partition coefficient (Wildman–Crippen LogP) is 2.17. The Hall–Kier alpha value is -0.961. The second-order valence-corrected chi connectivity index (χ2v) is 14.4. The molecule has 4 rings (SSSR count). The van der Waals surface area contributed by atoms with Crippen molar-refractivity contribution in [1.29, 1.82) is 0 Å². The van der Waals surface area contributed by atoms with Crippen LogP contribution in [0.2, 0.25) is 0 Å². The number of hydrogen-bond donors (Lipinski definition) is 0. The van der Waals surface area contributed by atoms with Crippen molar-refractivity contribution in [3.05, 3.63) is 144 Å². The van der Waals surface area contributed by atoms with Gasteiger partial charge < -0.3 is 18.2 Å². The van der Waals surface area contributed by atoms with Crippen LogP contribution in [0.1, 0.15) is 22.3 Å². The van der Waals surface area contributed by atoms with Crippen molar-refractivity contribution in [2.75, 3.05) is 0 Å². The molecule has 46 heavy (non-hydrogen) atoms. The molecule has 0 unspecified atom stereocenters. The monoisotopic (exact) mass is 764 g/mol. The molecule has 0 spiro atoms. The summed E-state index contributed by atoms with van der Waals surface area (Å²) >= 11 is 0. The van der Waals surface area contributed by atoms with E-state index in [-0.39, 0.29) is 75.5 Å². The Kier molecular flexibility index (Phi) is 24.0. The van der Waals surface area contributed by atoms with E-state index < -0.39 is 63.5 Å². The van der Waals surface area contributed by atoms with E-state index in [4.69, 9.17) is 0 Å². The van der Waals surface area contributed by atoms with E-state index in [1.165, 1.54) is 0 Å². The second kappa shape index (κ2) is 23.4. The third kappa shape index (κ3) is 29.2. The van der Waals surface area contributed by atoms with Gasteiger partial charge in [-0.05, 0) is 22.3 Å². The maximum absolute atomic E-state index is 10.2. The first kappa shape index (κ1) is 47.2. The smallest absolute Gasteiger partial charge is 0.748 e. The summed E-state index contributed by atoms with van der Waals surface area (Å²) in [4.78, 5) is 0. The van der Waals surface area contributed by atoms with Crippen molar-refractivity contribution >= 4 is 116 Å². The minimum Gasteiger partial charge on any atom is -0.748 e. The molecule has 0 radical (unpaired) electrons. The van der Waals surface area contributed by atoms with Gasteiger partial charge in [0.25, 0.3) is 0 Å². The Morgan fingerprint density at radius 2 is 0.435 bits per heavy atom. The van der Waals surface area contributed by atoms with E-state index in [0.29, 0.717) is 22.3 Å². The maximum atomic E-state index is 10.2. The van der Waals surface area contributed by atoms with Crippen molar-refractivity contribution in [2.24, 2.45) is 0 Å². The molecule has 0 amide bonds. The van der Waals surface area contributed by atoms with Crippen molar-refractivity contribution < 1.29 is 51.9 Å². The Labute approximate surface area is 330 Å². The fraction of sp³-hybridized carbons (Fsp3) is 0.143. The molecule has 0 aliphatic rings. The van der Waals surface area contributed by atoms with Gasteiger partial charge in [-0.25, -0.2) is 33.7 Å². The van der Waals surface area contributed by atoms with Gasteiger partial charge >= 0.3 is 75.5 Å². The summed E-state index contributed by atoms with van der Waals surface area (Å²) in [6, 6.07) is 33.5. The summed E-state index contributed by atoms with van der Waals surface area (Å²) in [7, 11) is -16.5. The molecule has 0 saturated heterocycles. The van der Waals surface area contributed by atoms with Gasteiger partial charge in [0.2, 0.25) is 0 Å². The SMILES string of the molecule is O=S(=O)([O-])Cc1ccccc1.O=S(=O)([O-])Cc1ccccc1.O=S(=O)([O-])Cc1ccccc1.O=S(=O)([O-])Cc1ccccc1.[Ca+2].[Ca+2]. The molecule has 0 fully saturated rings. The van der Waals surface area contributed by atoms with E-state index in [9.17, 15) is 51.9 Å². The van der Waals surface area contributed by atoms with E-state index in [1.54, 1.807) is 121 Å². The molecule has 0 aromatic heterocycles. The summed E-state index contributed by atoms with van der Waals surface area (Å²) in [5.41, 5.74) is 2.12. The molecular formula is C28H28Ca2O12S4. The molecule has 240 valence electrons. The molecule has 12 nitrogen and oxygen atoms in total. The van der Waals surface area contributed by atoms with Gasteiger partial charge in [0.1, 0.15) is 0 Å². The topological polar surface area (TPSA) is 229 Å². The van der Waals surface area contributed by atoms with Crippen LogP contribution in [-0.2, 0) is 63.5 Å². The van der Waals surface area contributed by atoms with Crippen molar-refractivity contribution in [3.8, 4) is 0 Å². The van der Waals surface area contributed by atoms with Gasteiger partial charge in [-0.1, -0.05) is 121 Å². The van der Waals surface area contributed by atoms with Crippen LogP contribution < -0.4 is 0 Å². The van der Waals surface area contributed by atoms with Crippen LogP contribution in [0.3, 0.4) is 0 Å². The normalized spacial score (nSPS) is 10.9. The molecule has 0 saturated carbocycles. The van der Waals surface area contributed by atoms with Crippen LogP contribution in [0.4, 0.5) is 0 Å². The zero-order valence-corrected chi connectivity index (χ0v) is 32.0. The average Bonchev–Trinajstić information content (AvgIpc) is 2.88. The third-order valence-electron chi connectivity index (χ3n) is 4.75. The molecule has 0 N–H and O–H groups in total. The standard InChI is InChI=1S/4C7H8O3S.2Ca/c4*8-11(9,10)6-7-4-2-1-3-5-7;;/h4*1-5H,6H2,(H,8,9,10);;/q;;;;2*+2/p-4. The van der Waals surface area contributed by atoms with Crippen LogP contribution in [0.5, 0.6) is 0 Å². The first-order valence-corrected chi connectivity index (χ1v) is 18.5. The molecule has 0 aliphatic heterocycles. The third-order valence-corrected chi connectivity index (χ3v) is 7.49. The van der Waals surface area contributed by atoms with Crippen LogP contribution in [-0.4, -0.2) is 127 Å². The number of benzene rings is 4. The van der Waals surface area contributed by atoms with Crippen molar-refractivity contribution in [2.45, 2.75) is 23.0 Å². The Morgan fingerprint density at radius 3 is 0.543 bits per heavy atom. The Morgan fingerprint density at radius 1 is 0.304 bits per heavy atom. The minimum atomic E-state index is -4.13. The summed E-state index contributed by atoms with van der Waals surface area (Å²) in [5, 5.41) is 0. The Bertz CT molecular complexity index is 1550. The van der Waals surface area contributed by atoms with Gasteiger partial charge in [-0.3, -0.25) is 0 Å². The van der Waals surface area contributed by atoms with Crippen LogP contribution in [0.25, 0.3) is 0 Å². The van der Waals surface area contributed by atoms with Gasteiger partial charge in [0.05, 0.1) is 63.5 Å². The van der Waals surface area contributed by atoms with E-state index in [1.807, 2.05) is 0 Å². The molecule has 0 aliphatic carbocycles. The molecule has 0 bridgehead atoms. The van der Waals surface area contributed by atoms with Crippen molar-refractivity contribution in [1.82, 2.24) is 0 Å².